The van der Waals surface area contributed by atoms with Crippen molar-refractivity contribution >= 4 is 11.9 Å². The number of morpholine rings is 1. The molecule has 35 heavy (non-hydrogen) atoms. The number of hydrogen-bond acceptors (Lipinski definition) is 7. The summed E-state index contributed by atoms with van der Waals surface area (Å²) in [7, 11) is 1.41. The average molecular weight is 480 g/mol. The van der Waals surface area contributed by atoms with Crippen LogP contribution in [0.3, 0.4) is 0 Å². The summed E-state index contributed by atoms with van der Waals surface area (Å²) in [4.78, 5) is 28.9. The molecule has 2 fully saturated rings. The highest BCUT2D eigenvalue weighted by Crippen LogP contribution is 2.30. The maximum absolute atomic E-state index is 14.4. The first-order valence-corrected chi connectivity index (χ1v) is 11.7. The van der Waals surface area contributed by atoms with E-state index in [4.69, 9.17) is 19.5 Å². The van der Waals surface area contributed by atoms with Gasteiger partial charge in [-0.05, 0) is 29.3 Å². The van der Waals surface area contributed by atoms with E-state index < -0.39 is 5.82 Å². The minimum Gasteiger partial charge on any atom is -0.495 e. The Morgan fingerprint density at radius 2 is 2.11 bits per heavy atom. The van der Waals surface area contributed by atoms with Crippen LogP contribution in [0.4, 0.5) is 4.39 Å². The number of halogens is 1. The van der Waals surface area contributed by atoms with Crippen molar-refractivity contribution in [2.45, 2.75) is 25.0 Å². The largest absolute Gasteiger partial charge is 0.495 e. The van der Waals surface area contributed by atoms with Gasteiger partial charge in [-0.1, -0.05) is 12.1 Å². The number of benzene rings is 2. The first-order valence-electron chi connectivity index (χ1n) is 11.7. The van der Waals surface area contributed by atoms with E-state index in [-0.39, 0.29) is 47.3 Å². The number of piperazine rings is 1. The van der Waals surface area contributed by atoms with Crippen molar-refractivity contribution in [3.63, 3.8) is 0 Å². The molecule has 1 amide bonds. The number of methoxy groups -OCH3 is 1. The molecular formula is C26H26FN3O5. The summed E-state index contributed by atoms with van der Waals surface area (Å²) in [6.45, 7) is 3.35. The Balaban J connectivity index is 1.21. The van der Waals surface area contributed by atoms with E-state index in [1.54, 1.807) is 4.90 Å². The second kappa shape index (κ2) is 9.64. The molecule has 2 atom stereocenters. The van der Waals surface area contributed by atoms with Gasteiger partial charge in [0, 0.05) is 38.2 Å². The van der Waals surface area contributed by atoms with Crippen LogP contribution >= 0.6 is 0 Å². The molecule has 0 saturated carbocycles. The van der Waals surface area contributed by atoms with E-state index in [0.717, 1.165) is 17.2 Å². The molecule has 3 heterocycles. The molecule has 3 aliphatic rings. The van der Waals surface area contributed by atoms with Crippen LogP contribution in [0.2, 0.25) is 0 Å². The standard InChI is InChI=1S/C26H26FN3O5/c1-33-23-10-18(22(27)9-19(23)12-28)11-25(31)30-6-5-29-14-24(35-15-20(29)13-30)17-2-3-21-16(8-17)4-7-34-26(21)32/h2-3,8-10,20,24H,4-7,11,13-15H2,1H3. The van der Waals surface area contributed by atoms with Crippen molar-refractivity contribution < 1.29 is 28.2 Å². The number of carbonyl (C=O) groups is 2. The Morgan fingerprint density at radius 3 is 2.91 bits per heavy atom. The molecule has 0 spiro atoms. The number of amides is 1. The zero-order valence-corrected chi connectivity index (χ0v) is 19.5. The van der Waals surface area contributed by atoms with Crippen molar-refractivity contribution in [1.29, 1.82) is 5.26 Å². The highest BCUT2D eigenvalue weighted by Gasteiger charge is 2.36. The lowest BCUT2D eigenvalue weighted by molar-refractivity contribution is -0.139. The molecule has 0 aromatic heterocycles. The Hall–Kier alpha value is -3.48. The third-order valence-electron chi connectivity index (χ3n) is 7.00. The summed E-state index contributed by atoms with van der Waals surface area (Å²) in [5, 5.41) is 9.11. The Kier molecular flexibility index (Phi) is 6.41. The Morgan fingerprint density at radius 1 is 1.26 bits per heavy atom. The van der Waals surface area contributed by atoms with Crippen molar-refractivity contribution in [1.82, 2.24) is 9.80 Å². The first kappa shape index (κ1) is 23.3. The fraction of sp³-hybridized carbons (Fsp3) is 0.423. The van der Waals surface area contributed by atoms with Gasteiger partial charge in [-0.3, -0.25) is 9.69 Å². The van der Waals surface area contributed by atoms with Crippen LogP contribution in [0.1, 0.15) is 38.7 Å². The van der Waals surface area contributed by atoms with E-state index in [9.17, 15) is 14.0 Å². The second-order valence-electron chi connectivity index (χ2n) is 9.05. The van der Waals surface area contributed by atoms with Gasteiger partial charge in [-0.2, -0.15) is 5.26 Å². The van der Waals surface area contributed by atoms with Crippen molar-refractivity contribution in [3.05, 3.63) is 64.0 Å². The molecule has 3 aliphatic heterocycles. The number of nitrogens with zero attached hydrogens (tertiary/aromatic N) is 3. The maximum Gasteiger partial charge on any atom is 0.338 e. The normalized spacial score (nSPS) is 22.0. The van der Waals surface area contributed by atoms with Crippen LogP contribution in [0.5, 0.6) is 5.75 Å². The van der Waals surface area contributed by atoms with Crippen LogP contribution in [-0.2, 0) is 27.1 Å². The maximum atomic E-state index is 14.4. The number of rotatable bonds is 4. The fourth-order valence-corrected chi connectivity index (χ4v) is 5.03. The van der Waals surface area contributed by atoms with Crippen LogP contribution in [0.15, 0.2) is 30.3 Å². The lowest BCUT2D eigenvalue weighted by Gasteiger charge is -2.46. The molecule has 0 N–H and O–H groups in total. The van der Waals surface area contributed by atoms with Gasteiger partial charge < -0.3 is 19.1 Å². The number of carbonyl (C=O) groups excluding carboxylic acids is 2. The third-order valence-corrected chi connectivity index (χ3v) is 7.00. The number of esters is 1. The van der Waals surface area contributed by atoms with Crippen LogP contribution in [0, 0.1) is 17.1 Å². The second-order valence-corrected chi connectivity index (χ2v) is 9.05. The Bertz CT molecular complexity index is 1210. The lowest BCUT2D eigenvalue weighted by Crippen LogP contribution is -2.59. The predicted molar refractivity (Wildman–Crippen MR) is 122 cm³/mol. The van der Waals surface area contributed by atoms with Gasteiger partial charge in [0.05, 0.1) is 50.0 Å². The van der Waals surface area contributed by atoms with E-state index >= 15 is 0 Å². The van der Waals surface area contributed by atoms with E-state index in [2.05, 4.69) is 4.90 Å². The summed E-state index contributed by atoms with van der Waals surface area (Å²) in [5.41, 5.74) is 2.97. The fourth-order valence-electron chi connectivity index (χ4n) is 5.03. The molecule has 0 radical (unpaired) electrons. The first-order chi connectivity index (χ1) is 17.0. The molecule has 2 unspecified atom stereocenters. The minimum absolute atomic E-state index is 0.0666. The highest BCUT2D eigenvalue weighted by atomic mass is 19.1. The lowest BCUT2D eigenvalue weighted by atomic mass is 9.96. The number of cyclic esters (lactones) is 1. The van der Waals surface area contributed by atoms with Gasteiger partial charge in [-0.15, -0.1) is 0 Å². The smallest absolute Gasteiger partial charge is 0.338 e. The van der Waals surface area contributed by atoms with E-state index in [0.29, 0.717) is 51.4 Å². The van der Waals surface area contributed by atoms with Gasteiger partial charge in [0.25, 0.3) is 0 Å². The van der Waals surface area contributed by atoms with Gasteiger partial charge in [0.2, 0.25) is 5.91 Å². The zero-order chi connectivity index (χ0) is 24.5. The van der Waals surface area contributed by atoms with Crippen LogP contribution in [0.25, 0.3) is 0 Å². The van der Waals surface area contributed by atoms with Gasteiger partial charge >= 0.3 is 5.97 Å². The highest BCUT2D eigenvalue weighted by molar-refractivity contribution is 5.92. The molecule has 5 rings (SSSR count). The van der Waals surface area contributed by atoms with Crippen molar-refractivity contribution in [3.8, 4) is 11.8 Å². The molecule has 9 heteroatoms. The monoisotopic (exact) mass is 479 g/mol. The number of hydrogen-bond donors (Lipinski definition) is 0. The molecule has 2 aromatic rings. The third kappa shape index (κ3) is 4.59. The zero-order valence-electron chi connectivity index (χ0n) is 19.5. The van der Waals surface area contributed by atoms with E-state index in [1.165, 1.54) is 13.2 Å². The van der Waals surface area contributed by atoms with Crippen LogP contribution < -0.4 is 4.74 Å². The summed E-state index contributed by atoms with van der Waals surface area (Å²) in [6, 6.07) is 10.3. The summed E-state index contributed by atoms with van der Waals surface area (Å²) in [6.07, 6.45) is 0.510. The quantitative estimate of drug-likeness (QED) is 0.621. The number of nitriles is 1. The molecule has 8 nitrogen and oxygen atoms in total. The molecule has 2 aromatic carbocycles. The van der Waals surface area contributed by atoms with Crippen molar-refractivity contribution in [2.75, 3.05) is 46.5 Å². The van der Waals surface area contributed by atoms with E-state index in [1.807, 2.05) is 24.3 Å². The van der Waals surface area contributed by atoms with Gasteiger partial charge in [0.1, 0.15) is 17.6 Å². The van der Waals surface area contributed by atoms with Crippen LogP contribution in [-0.4, -0.2) is 74.2 Å². The molecule has 0 bridgehead atoms. The molecule has 2 saturated heterocycles. The van der Waals surface area contributed by atoms with Gasteiger partial charge in [-0.25, -0.2) is 9.18 Å². The summed E-state index contributed by atoms with van der Waals surface area (Å²) >= 11 is 0. The molecular weight excluding hydrogens is 453 g/mol. The predicted octanol–water partition coefficient (Wildman–Crippen LogP) is 2.25. The SMILES string of the molecule is COc1cc(CC(=O)N2CCN3CC(c4ccc5c(c4)CCOC5=O)OCC3C2)c(F)cc1C#N. The number of fused-ring (bicyclic) bond motifs is 2. The number of ether oxygens (including phenoxy) is 3. The average Bonchev–Trinajstić information content (AvgIpc) is 2.88. The van der Waals surface area contributed by atoms with Gasteiger partial charge in [0.15, 0.2) is 0 Å². The minimum atomic E-state index is -0.587. The van der Waals surface area contributed by atoms with Crippen molar-refractivity contribution in [2.24, 2.45) is 0 Å². The topological polar surface area (TPSA) is 92.1 Å². The summed E-state index contributed by atoms with van der Waals surface area (Å²) in [5.74, 6) is -0.773. The Labute approximate surface area is 202 Å². The molecule has 0 aliphatic carbocycles. The molecule has 182 valence electrons. The summed E-state index contributed by atoms with van der Waals surface area (Å²) < 4.78 is 30.9.